The van der Waals surface area contributed by atoms with Gasteiger partial charge in [-0.05, 0) is 30.5 Å². The second kappa shape index (κ2) is 7.88. The molecule has 0 aliphatic carbocycles. The first-order valence-corrected chi connectivity index (χ1v) is 9.41. The number of nitrogens with one attached hydrogen (secondary N) is 2. The minimum Gasteiger partial charge on any atom is -0.478 e. The molecule has 8 heteroatoms. The van der Waals surface area contributed by atoms with Gasteiger partial charge in [-0.1, -0.05) is 6.07 Å². The van der Waals surface area contributed by atoms with Gasteiger partial charge in [-0.25, -0.2) is 4.79 Å². The van der Waals surface area contributed by atoms with E-state index >= 15 is 0 Å². The molecule has 3 N–H and O–H groups in total. The Kier molecular flexibility index (Phi) is 5.60. The summed E-state index contributed by atoms with van der Waals surface area (Å²) in [6.07, 6.45) is 0.704. The molecule has 0 spiro atoms. The van der Waals surface area contributed by atoms with E-state index in [1.807, 2.05) is 4.90 Å². The van der Waals surface area contributed by atoms with E-state index in [9.17, 15) is 14.4 Å². The van der Waals surface area contributed by atoms with Gasteiger partial charge < -0.3 is 20.6 Å². The maximum atomic E-state index is 12.4. The van der Waals surface area contributed by atoms with Gasteiger partial charge in [0.05, 0.1) is 17.5 Å². The molecule has 2 saturated heterocycles. The van der Waals surface area contributed by atoms with Gasteiger partial charge in [0.2, 0.25) is 5.91 Å². The van der Waals surface area contributed by atoms with Gasteiger partial charge >= 0.3 is 5.97 Å². The molecule has 25 heavy (non-hydrogen) atoms. The maximum Gasteiger partial charge on any atom is 0.335 e. The molecule has 2 fully saturated rings. The number of amides is 2. The van der Waals surface area contributed by atoms with E-state index < -0.39 is 5.97 Å². The number of carboxylic acid groups (broad SMARTS) is 1. The molecule has 2 amide bonds. The second-order valence-corrected chi connectivity index (χ2v) is 7.37. The molecule has 2 heterocycles. The normalized spacial score (nSPS) is 22.8. The summed E-state index contributed by atoms with van der Waals surface area (Å²) >= 11 is 1.76. The van der Waals surface area contributed by atoms with E-state index in [0.717, 1.165) is 18.2 Å². The van der Waals surface area contributed by atoms with E-state index in [-0.39, 0.29) is 29.3 Å². The summed E-state index contributed by atoms with van der Waals surface area (Å²) in [4.78, 5) is 37.4. The van der Waals surface area contributed by atoms with Gasteiger partial charge in [0.15, 0.2) is 0 Å². The van der Waals surface area contributed by atoms with Crippen molar-refractivity contribution in [3.8, 4) is 0 Å². The lowest BCUT2D eigenvalue weighted by atomic mass is 10.0. The zero-order valence-corrected chi connectivity index (χ0v) is 14.6. The number of hydrogen-bond acceptors (Lipinski definition) is 5. The Morgan fingerprint density at radius 1 is 1.32 bits per heavy atom. The number of carboxylic acids is 1. The number of rotatable bonds is 5. The van der Waals surface area contributed by atoms with Crippen LogP contribution >= 0.6 is 11.8 Å². The van der Waals surface area contributed by atoms with Crippen LogP contribution in [0.5, 0.6) is 0 Å². The van der Waals surface area contributed by atoms with Gasteiger partial charge in [0, 0.05) is 31.0 Å². The fourth-order valence-electron chi connectivity index (χ4n) is 3.09. The molecule has 2 aliphatic heterocycles. The van der Waals surface area contributed by atoms with Crippen LogP contribution in [-0.4, -0.2) is 65.1 Å². The minimum absolute atomic E-state index is 0.0873. The zero-order chi connectivity index (χ0) is 17.8. The lowest BCUT2D eigenvalue weighted by Crippen LogP contribution is -2.42. The van der Waals surface area contributed by atoms with Crippen molar-refractivity contribution in [2.24, 2.45) is 5.92 Å². The lowest BCUT2D eigenvalue weighted by molar-refractivity contribution is -0.131. The van der Waals surface area contributed by atoms with Crippen molar-refractivity contribution in [1.29, 1.82) is 0 Å². The molecule has 2 atom stereocenters. The number of carbonyl (C=O) groups excluding carboxylic acids is 2. The van der Waals surface area contributed by atoms with Crippen LogP contribution in [0.1, 0.15) is 27.1 Å². The average Bonchev–Trinajstić information content (AvgIpc) is 3.31. The SMILES string of the molecule is O=C(O)c1cccc(C(=O)NCC2CNC(C(=O)N3CCSC3)C2)c1. The monoisotopic (exact) mass is 363 g/mol. The Morgan fingerprint density at radius 3 is 2.84 bits per heavy atom. The largest absolute Gasteiger partial charge is 0.478 e. The van der Waals surface area contributed by atoms with Crippen LogP contribution in [-0.2, 0) is 4.79 Å². The molecular formula is C17H21N3O4S. The first-order valence-electron chi connectivity index (χ1n) is 8.26. The second-order valence-electron chi connectivity index (χ2n) is 6.30. The first kappa shape index (κ1) is 17.8. The molecule has 0 aromatic heterocycles. The summed E-state index contributed by atoms with van der Waals surface area (Å²) in [5.74, 6) is 0.736. The lowest BCUT2D eigenvalue weighted by Gasteiger charge is -2.19. The van der Waals surface area contributed by atoms with E-state index in [1.165, 1.54) is 12.1 Å². The molecule has 0 radical (unpaired) electrons. The van der Waals surface area contributed by atoms with Gasteiger partial charge in [-0.2, -0.15) is 0 Å². The summed E-state index contributed by atoms with van der Waals surface area (Å²) in [5.41, 5.74) is 0.414. The van der Waals surface area contributed by atoms with Gasteiger partial charge in [-0.15, -0.1) is 11.8 Å². The highest BCUT2D eigenvalue weighted by atomic mass is 32.2. The van der Waals surface area contributed by atoms with Gasteiger partial charge in [0.25, 0.3) is 5.91 Å². The smallest absolute Gasteiger partial charge is 0.335 e. The number of thioether (sulfide) groups is 1. The molecule has 134 valence electrons. The molecule has 0 saturated carbocycles. The highest BCUT2D eigenvalue weighted by Gasteiger charge is 2.33. The van der Waals surface area contributed by atoms with Crippen LogP contribution in [0, 0.1) is 5.92 Å². The zero-order valence-electron chi connectivity index (χ0n) is 13.7. The summed E-state index contributed by atoms with van der Waals surface area (Å²) in [5, 5.41) is 15.1. The first-order chi connectivity index (χ1) is 12.0. The van der Waals surface area contributed by atoms with Crippen LogP contribution in [0.15, 0.2) is 24.3 Å². The number of benzene rings is 1. The summed E-state index contributed by atoms with van der Waals surface area (Å²) in [6.45, 7) is 1.96. The van der Waals surface area contributed by atoms with Gasteiger partial charge in [0.1, 0.15) is 0 Å². The van der Waals surface area contributed by atoms with Crippen LogP contribution < -0.4 is 10.6 Å². The Hall–Kier alpha value is -2.06. The van der Waals surface area contributed by atoms with Crippen molar-refractivity contribution in [3.05, 3.63) is 35.4 Å². The highest BCUT2D eigenvalue weighted by Crippen LogP contribution is 2.20. The third kappa shape index (κ3) is 4.32. The van der Waals surface area contributed by atoms with E-state index in [2.05, 4.69) is 10.6 Å². The standard InChI is InChI=1S/C17H21N3O4S/c21-15(12-2-1-3-13(7-12)17(23)24)19-9-11-6-14(18-8-11)16(22)20-4-5-25-10-20/h1-3,7,11,14,18H,4-6,8-10H2,(H,19,21)(H,23,24). The summed E-state index contributed by atoms with van der Waals surface area (Å²) < 4.78 is 0. The van der Waals surface area contributed by atoms with Crippen LogP contribution in [0.25, 0.3) is 0 Å². The summed E-state index contributed by atoms with van der Waals surface area (Å²) in [7, 11) is 0. The Bertz CT molecular complexity index is 676. The minimum atomic E-state index is -1.06. The quantitative estimate of drug-likeness (QED) is 0.710. The number of aromatic carboxylic acids is 1. The van der Waals surface area contributed by atoms with E-state index in [4.69, 9.17) is 5.11 Å². The van der Waals surface area contributed by atoms with Crippen LogP contribution in [0.4, 0.5) is 0 Å². The topological polar surface area (TPSA) is 98.7 Å². The Balaban J connectivity index is 1.49. The van der Waals surface area contributed by atoms with Crippen molar-refractivity contribution < 1.29 is 19.5 Å². The van der Waals surface area contributed by atoms with Crippen LogP contribution in [0.2, 0.25) is 0 Å². The molecular weight excluding hydrogens is 342 g/mol. The van der Waals surface area contributed by atoms with E-state index in [0.29, 0.717) is 25.1 Å². The maximum absolute atomic E-state index is 12.4. The van der Waals surface area contributed by atoms with E-state index in [1.54, 1.807) is 23.9 Å². The van der Waals surface area contributed by atoms with Crippen molar-refractivity contribution in [2.75, 3.05) is 31.3 Å². The van der Waals surface area contributed by atoms with Crippen molar-refractivity contribution >= 4 is 29.5 Å². The molecule has 7 nitrogen and oxygen atoms in total. The average molecular weight is 363 g/mol. The predicted molar refractivity (Wildman–Crippen MR) is 94.7 cm³/mol. The van der Waals surface area contributed by atoms with Crippen molar-refractivity contribution in [1.82, 2.24) is 15.5 Å². The molecule has 2 aliphatic rings. The number of carbonyl (C=O) groups is 3. The number of hydrogen-bond donors (Lipinski definition) is 3. The third-order valence-electron chi connectivity index (χ3n) is 4.51. The predicted octanol–water partition coefficient (Wildman–Crippen LogP) is 0.626. The fourth-order valence-corrected chi connectivity index (χ4v) is 4.05. The number of nitrogens with zero attached hydrogens (tertiary/aromatic N) is 1. The molecule has 3 rings (SSSR count). The van der Waals surface area contributed by atoms with Gasteiger partial charge in [-0.3, -0.25) is 9.59 Å². The van der Waals surface area contributed by atoms with Crippen LogP contribution in [0.3, 0.4) is 0 Å². The Morgan fingerprint density at radius 2 is 2.12 bits per heavy atom. The highest BCUT2D eigenvalue weighted by molar-refractivity contribution is 7.99. The fraction of sp³-hybridized carbons (Fsp3) is 0.471. The summed E-state index contributed by atoms with van der Waals surface area (Å²) in [6, 6.07) is 5.79. The Labute approximate surface area is 150 Å². The molecule has 0 bridgehead atoms. The molecule has 2 unspecified atom stereocenters. The molecule has 1 aromatic rings. The van der Waals surface area contributed by atoms with Crippen molar-refractivity contribution in [2.45, 2.75) is 12.5 Å². The third-order valence-corrected chi connectivity index (χ3v) is 5.47. The molecule has 1 aromatic carbocycles. The van der Waals surface area contributed by atoms with Crippen molar-refractivity contribution in [3.63, 3.8) is 0 Å².